The molecule has 1 aromatic carbocycles. The van der Waals surface area contributed by atoms with Crippen LogP contribution in [0.5, 0.6) is 5.88 Å². The molecule has 1 unspecified atom stereocenters. The minimum Gasteiger partial charge on any atom is -0.481 e. The summed E-state index contributed by atoms with van der Waals surface area (Å²) in [5.41, 5.74) is 8.66. The number of nitrogens with zero attached hydrogens (tertiary/aromatic N) is 1. The second kappa shape index (κ2) is 5.40. The van der Waals surface area contributed by atoms with E-state index in [1.54, 1.807) is 13.3 Å². The van der Waals surface area contributed by atoms with Crippen molar-refractivity contribution in [1.82, 2.24) is 4.98 Å². The lowest BCUT2D eigenvalue weighted by Crippen LogP contribution is -2.07. The zero-order chi connectivity index (χ0) is 13.0. The number of anilines is 2. The van der Waals surface area contributed by atoms with E-state index < -0.39 is 0 Å². The predicted molar refractivity (Wildman–Crippen MR) is 73.7 cm³/mol. The van der Waals surface area contributed by atoms with Gasteiger partial charge in [-0.2, -0.15) is 0 Å². The normalized spacial score (nSPS) is 11.9. The molecule has 1 heterocycles. The minimum atomic E-state index is 0.167. The molecule has 0 saturated heterocycles. The average molecular weight is 243 g/mol. The Balaban J connectivity index is 2.13. The van der Waals surface area contributed by atoms with E-state index in [2.05, 4.69) is 17.2 Å². The van der Waals surface area contributed by atoms with Gasteiger partial charge in [0, 0.05) is 29.7 Å². The first kappa shape index (κ1) is 12.2. The molecule has 4 nitrogen and oxygen atoms in total. The SMILES string of the molecule is COc1cc(NC(C)c2cccc(N)c2)ccn1. The van der Waals surface area contributed by atoms with Crippen molar-refractivity contribution in [2.45, 2.75) is 13.0 Å². The molecule has 0 aliphatic carbocycles. The number of nitrogen functional groups attached to an aromatic ring is 1. The average Bonchev–Trinajstić information content (AvgIpc) is 2.39. The van der Waals surface area contributed by atoms with Crippen molar-refractivity contribution in [3.05, 3.63) is 48.2 Å². The number of hydrogen-bond acceptors (Lipinski definition) is 4. The summed E-state index contributed by atoms with van der Waals surface area (Å²) in [5, 5.41) is 3.38. The van der Waals surface area contributed by atoms with Crippen LogP contribution >= 0.6 is 0 Å². The highest BCUT2D eigenvalue weighted by Crippen LogP contribution is 2.22. The summed E-state index contributed by atoms with van der Waals surface area (Å²) in [7, 11) is 1.60. The number of pyridine rings is 1. The number of benzene rings is 1. The summed E-state index contributed by atoms with van der Waals surface area (Å²) in [6.45, 7) is 2.08. The van der Waals surface area contributed by atoms with Gasteiger partial charge in [-0.15, -0.1) is 0 Å². The van der Waals surface area contributed by atoms with Crippen LogP contribution in [0.3, 0.4) is 0 Å². The highest BCUT2D eigenvalue weighted by molar-refractivity contribution is 5.49. The first-order chi connectivity index (χ1) is 8.69. The summed E-state index contributed by atoms with van der Waals surface area (Å²) >= 11 is 0. The van der Waals surface area contributed by atoms with Crippen molar-refractivity contribution in [2.24, 2.45) is 0 Å². The Morgan fingerprint density at radius 3 is 2.83 bits per heavy atom. The molecule has 0 amide bonds. The van der Waals surface area contributed by atoms with Crippen LogP contribution in [0.15, 0.2) is 42.6 Å². The lowest BCUT2D eigenvalue weighted by molar-refractivity contribution is 0.398. The molecule has 0 spiro atoms. The molecule has 0 saturated carbocycles. The van der Waals surface area contributed by atoms with Crippen LogP contribution in [0, 0.1) is 0 Å². The van der Waals surface area contributed by atoms with E-state index in [1.807, 2.05) is 36.4 Å². The van der Waals surface area contributed by atoms with Crippen LogP contribution in [-0.2, 0) is 0 Å². The van der Waals surface area contributed by atoms with Crippen molar-refractivity contribution >= 4 is 11.4 Å². The Bertz CT molecular complexity index is 528. The van der Waals surface area contributed by atoms with Gasteiger partial charge in [0.2, 0.25) is 5.88 Å². The molecule has 0 radical (unpaired) electrons. The van der Waals surface area contributed by atoms with Crippen LogP contribution in [0.4, 0.5) is 11.4 Å². The second-order valence-corrected chi connectivity index (χ2v) is 4.12. The van der Waals surface area contributed by atoms with Crippen molar-refractivity contribution < 1.29 is 4.74 Å². The maximum atomic E-state index is 5.78. The van der Waals surface area contributed by atoms with Crippen LogP contribution in [0.2, 0.25) is 0 Å². The first-order valence-electron chi connectivity index (χ1n) is 5.81. The van der Waals surface area contributed by atoms with Crippen LogP contribution < -0.4 is 15.8 Å². The Hall–Kier alpha value is -2.23. The molecule has 0 bridgehead atoms. The number of methoxy groups -OCH3 is 1. The Morgan fingerprint density at radius 2 is 2.11 bits per heavy atom. The molecule has 3 N–H and O–H groups in total. The van der Waals surface area contributed by atoms with E-state index in [0.29, 0.717) is 5.88 Å². The largest absolute Gasteiger partial charge is 0.481 e. The lowest BCUT2D eigenvalue weighted by Gasteiger charge is -2.16. The highest BCUT2D eigenvalue weighted by atomic mass is 16.5. The van der Waals surface area contributed by atoms with E-state index in [9.17, 15) is 0 Å². The number of rotatable bonds is 4. The Morgan fingerprint density at radius 1 is 1.28 bits per heavy atom. The van der Waals surface area contributed by atoms with Crippen molar-refractivity contribution in [3.8, 4) is 5.88 Å². The fraction of sp³-hybridized carbons (Fsp3) is 0.214. The predicted octanol–water partition coefficient (Wildman–Crippen LogP) is 2.85. The standard InChI is InChI=1S/C14H17N3O/c1-10(11-4-3-5-12(15)8-11)17-13-6-7-16-14(9-13)18-2/h3-10H,15H2,1-2H3,(H,16,17). The van der Waals surface area contributed by atoms with E-state index in [0.717, 1.165) is 16.9 Å². The van der Waals surface area contributed by atoms with E-state index in [4.69, 9.17) is 10.5 Å². The van der Waals surface area contributed by atoms with E-state index in [-0.39, 0.29) is 6.04 Å². The van der Waals surface area contributed by atoms with Gasteiger partial charge < -0.3 is 15.8 Å². The maximum absolute atomic E-state index is 5.78. The zero-order valence-corrected chi connectivity index (χ0v) is 10.6. The van der Waals surface area contributed by atoms with Gasteiger partial charge in [0.05, 0.1) is 7.11 Å². The molecule has 94 valence electrons. The lowest BCUT2D eigenvalue weighted by atomic mass is 10.1. The third-order valence-corrected chi connectivity index (χ3v) is 2.74. The van der Waals surface area contributed by atoms with Crippen molar-refractivity contribution in [2.75, 3.05) is 18.2 Å². The summed E-state index contributed by atoms with van der Waals surface area (Å²) in [4.78, 5) is 4.07. The third kappa shape index (κ3) is 2.91. The van der Waals surface area contributed by atoms with Gasteiger partial charge in [-0.05, 0) is 30.7 Å². The molecule has 2 rings (SSSR count). The highest BCUT2D eigenvalue weighted by Gasteiger charge is 2.06. The van der Waals surface area contributed by atoms with Gasteiger partial charge in [-0.25, -0.2) is 4.98 Å². The maximum Gasteiger partial charge on any atom is 0.214 e. The van der Waals surface area contributed by atoms with E-state index in [1.165, 1.54) is 0 Å². The van der Waals surface area contributed by atoms with Crippen molar-refractivity contribution in [3.63, 3.8) is 0 Å². The van der Waals surface area contributed by atoms with Gasteiger partial charge in [0.1, 0.15) is 0 Å². The molecule has 0 fully saturated rings. The summed E-state index contributed by atoms with van der Waals surface area (Å²) in [6, 6.07) is 11.8. The van der Waals surface area contributed by atoms with Crippen LogP contribution in [0.25, 0.3) is 0 Å². The fourth-order valence-corrected chi connectivity index (χ4v) is 1.77. The van der Waals surface area contributed by atoms with Crippen LogP contribution in [-0.4, -0.2) is 12.1 Å². The van der Waals surface area contributed by atoms with E-state index >= 15 is 0 Å². The second-order valence-electron chi connectivity index (χ2n) is 4.12. The van der Waals surface area contributed by atoms with Gasteiger partial charge in [-0.1, -0.05) is 12.1 Å². The molecule has 18 heavy (non-hydrogen) atoms. The number of nitrogens with two attached hydrogens (primary N) is 1. The fourth-order valence-electron chi connectivity index (χ4n) is 1.77. The monoisotopic (exact) mass is 243 g/mol. The summed E-state index contributed by atoms with van der Waals surface area (Å²) < 4.78 is 5.09. The number of hydrogen-bond donors (Lipinski definition) is 2. The molecule has 0 aliphatic rings. The minimum absolute atomic E-state index is 0.167. The summed E-state index contributed by atoms with van der Waals surface area (Å²) in [6.07, 6.45) is 1.72. The van der Waals surface area contributed by atoms with Crippen molar-refractivity contribution in [1.29, 1.82) is 0 Å². The van der Waals surface area contributed by atoms with Gasteiger partial charge in [-0.3, -0.25) is 0 Å². The first-order valence-corrected chi connectivity index (χ1v) is 5.81. The quantitative estimate of drug-likeness (QED) is 0.811. The topological polar surface area (TPSA) is 60.2 Å². The third-order valence-electron chi connectivity index (χ3n) is 2.74. The summed E-state index contributed by atoms with van der Waals surface area (Å²) in [5.74, 6) is 0.597. The molecule has 0 aliphatic heterocycles. The van der Waals surface area contributed by atoms with Crippen LogP contribution in [0.1, 0.15) is 18.5 Å². The number of nitrogens with one attached hydrogen (secondary N) is 1. The van der Waals surface area contributed by atoms with Gasteiger partial charge in [0.25, 0.3) is 0 Å². The van der Waals surface area contributed by atoms with Gasteiger partial charge >= 0.3 is 0 Å². The number of ether oxygens (including phenoxy) is 1. The molecule has 1 atom stereocenters. The molecule has 4 heteroatoms. The number of aromatic nitrogens is 1. The Kier molecular flexibility index (Phi) is 3.67. The smallest absolute Gasteiger partial charge is 0.214 e. The van der Waals surface area contributed by atoms with Gasteiger partial charge in [0.15, 0.2) is 0 Å². The zero-order valence-electron chi connectivity index (χ0n) is 10.6. The Labute approximate surface area is 107 Å². The molecule has 1 aromatic heterocycles. The molecular weight excluding hydrogens is 226 g/mol. The molecule has 2 aromatic rings. The molecular formula is C14H17N3O.